The van der Waals surface area contributed by atoms with E-state index in [9.17, 15) is 4.79 Å². The van der Waals surface area contributed by atoms with Gasteiger partial charge in [0.1, 0.15) is 0 Å². The van der Waals surface area contributed by atoms with Gasteiger partial charge in [0, 0.05) is 18.0 Å². The van der Waals surface area contributed by atoms with Crippen molar-refractivity contribution in [2.45, 2.75) is 32.7 Å². The lowest BCUT2D eigenvalue weighted by atomic mass is 9.99. The summed E-state index contributed by atoms with van der Waals surface area (Å²) in [6.45, 7) is 6.71. The largest absolute Gasteiger partial charge is 0.350 e. The van der Waals surface area contributed by atoms with Gasteiger partial charge in [-0.1, -0.05) is 38.1 Å². The fourth-order valence-corrected chi connectivity index (χ4v) is 2.97. The zero-order chi connectivity index (χ0) is 15.4. The second-order valence-electron chi connectivity index (χ2n) is 5.61. The van der Waals surface area contributed by atoms with E-state index >= 15 is 0 Å². The fourth-order valence-electron chi connectivity index (χ4n) is 2.14. The molecular formula is C17H23ClN2OS. The van der Waals surface area contributed by atoms with Crippen LogP contribution in [0.2, 0.25) is 0 Å². The number of benzene rings is 1. The number of halogens is 1. The number of amides is 1. The van der Waals surface area contributed by atoms with Crippen LogP contribution in [0.5, 0.6) is 0 Å². The number of rotatable bonds is 5. The molecule has 5 heteroatoms. The van der Waals surface area contributed by atoms with Gasteiger partial charge in [-0.2, -0.15) is 11.3 Å². The molecule has 1 aromatic carbocycles. The maximum Gasteiger partial charge on any atom is 0.252 e. The highest BCUT2D eigenvalue weighted by Gasteiger charge is 2.12. The fraction of sp³-hybridized carbons (Fsp3) is 0.353. The van der Waals surface area contributed by atoms with E-state index in [2.05, 4.69) is 31.3 Å². The molecule has 2 aromatic rings. The summed E-state index contributed by atoms with van der Waals surface area (Å²) < 4.78 is 0. The highest BCUT2D eigenvalue weighted by atomic mass is 35.5. The first-order chi connectivity index (χ1) is 9.99. The number of hydrogen-bond acceptors (Lipinski definition) is 3. The van der Waals surface area contributed by atoms with E-state index in [4.69, 9.17) is 5.73 Å². The molecule has 0 radical (unpaired) electrons. The molecule has 120 valence electrons. The summed E-state index contributed by atoms with van der Waals surface area (Å²) in [6, 6.07) is 8.11. The van der Waals surface area contributed by atoms with Crippen molar-refractivity contribution in [3.8, 4) is 0 Å². The van der Waals surface area contributed by atoms with Crippen molar-refractivity contribution in [3.05, 3.63) is 57.3 Å². The zero-order valence-corrected chi connectivity index (χ0v) is 14.8. The zero-order valence-electron chi connectivity index (χ0n) is 13.1. The Balaban J connectivity index is 0.00000242. The highest BCUT2D eigenvalue weighted by Crippen LogP contribution is 2.18. The summed E-state index contributed by atoms with van der Waals surface area (Å²) in [5.41, 5.74) is 10.2. The van der Waals surface area contributed by atoms with Crippen molar-refractivity contribution in [1.29, 1.82) is 0 Å². The number of thiophene rings is 1. The van der Waals surface area contributed by atoms with Crippen LogP contribution in [-0.2, 0) is 0 Å². The first-order valence-electron chi connectivity index (χ1n) is 7.15. The third kappa shape index (κ3) is 4.57. The molecule has 1 unspecified atom stereocenters. The van der Waals surface area contributed by atoms with E-state index in [1.807, 2.05) is 29.8 Å². The Labute approximate surface area is 142 Å². The van der Waals surface area contributed by atoms with E-state index < -0.39 is 0 Å². The predicted molar refractivity (Wildman–Crippen MR) is 96.1 cm³/mol. The maximum absolute atomic E-state index is 12.0. The Morgan fingerprint density at radius 2 is 1.77 bits per heavy atom. The Morgan fingerprint density at radius 3 is 2.27 bits per heavy atom. The van der Waals surface area contributed by atoms with Gasteiger partial charge in [0.05, 0.1) is 5.56 Å². The third-order valence-corrected chi connectivity index (χ3v) is 4.48. The molecule has 1 amide bonds. The second kappa shape index (κ2) is 8.32. The molecule has 2 rings (SSSR count). The summed E-state index contributed by atoms with van der Waals surface area (Å²) >= 11 is 1.54. The molecule has 1 atom stereocenters. The number of hydrogen-bond donors (Lipinski definition) is 2. The van der Waals surface area contributed by atoms with Gasteiger partial charge in [-0.15, -0.1) is 12.4 Å². The number of nitrogens with one attached hydrogen (secondary N) is 1. The number of aryl methyl sites for hydroxylation is 1. The quantitative estimate of drug-likeness (QED) is 0.864. The topological polar surface area (TPSA) is 55.1 Å². The van der Waals surface area contributed by atoms with Crippen LogP contribution in [0.4, 0.5) is 0 Å². The molecule has 0 aliphatic carbocycles. The predicted octanol–water partition coefficient (Wildman–Crippen LogP) is 4.03. The van der Waals surface area contributed by atoms with Crippen LogP contribution < -0.4 is 11.1 Å². The van der Waals surface area contributed by atoms with E-state index in [0.29, 0.717) is 12.5 Å². The first-order valence-corrected chi connectivity index (χ1v) is 8.09. The van der Waals surface area contributed by atoms with Gasteiger partial charge in [-0.3, -0.25) is 4.79 Å². The molecule has 0 aliphatic heterocycles. The van der Waals surface area contributed by atoms with Crippen LogP contribution in [0.25, 0.3) is 0 Å². The summed E-state index contributed by atoms with van der Waals surface area (Å²) in [5.74, 6) is 0.458. The standard InChI is InChI=1S/C17H22N2OS.ClH/c1-11(2)13-4-6-14(7-5-13)16(18)8-19-17(20)15-10-21-9-12(15)3;/h4-7,9-11,16H,8,18H2,1-3H3,(H,19,20);1H. The van der Waals surface area contributed by atoms with E-state index in [1.165, 1.54) is 16.9 Å². The summed E-state index contributed by atoms with van der Waals surface area (Å²) in [7, 11) is 0. The van der Waals surface area contributed by atoms with Gasteiger partial charge in [0.15, 0.2) is 0 Å². The lowest BCUT2D eigenvalue weighted by Crippen LogP contribution is -2.32. The molecule has 0 bridgehead atoms. The van der Waals surface area contributed by atoms with E-state index in [-0.39, 0.29) is 24.4 Å². The molecule has 3 nitrogen and oxygen atoms in total. The van der Waals surface area contributed by atoms with E-state index in [1.54, 1.807) is 0 Å². The molecule has 0 aliphatic rings. The summed E-state index contributed by atoms with van der Waals surface area (Å²) in [5, 5.41) is 6.74. The Kier molecular flexibility index (Phi) is 7.07. The lowest BCUT2D eigenvalue weighted by molar-refractivity contribution is 0.0951. The number of nitrogens with two attached hydrogens (primary N) is 1. The average molecular weight is 339 g/mol. The van der Waals surface area contributed by atoms with Gasteiger partial charge in [-0.25, -0.2) is 0 Å². The van der Waals surface area contributed by atoms with Crippen molar-refractivity contribution in [3.63, 3.8) is 0 Å². The third-order valence-electron chi connectivity index (χ3n) is 3.61. The van der Waals surface area contributed by atoms with Crippen molar-refractivity contribution >= 4 is 29.7 Å². The van der Waals surface area contributed by atoms with Crippen molar-refractivity contribution in [2.75, 3.05) is 6.54 Å². The number of carbonyl (C=O) groups is 1. The molecule has 1 heterocycles. The van der Waals surface area contributed by atoms with Crippen molar-refractivity contribution in [2.24, 2.45) is 5.73 Å². The minimum absolute atomic E-state index is 0. The summed E-state index contributed by atoms with van der Waals surface area (Å²) in [4.78, 5) is 12.0. The van der Waals surface area contributed by atoms with Crippen LogP contribution in [0.1, 0.15) is 52.9 Å². The monoisotopic (exact) mass is 338 g/mol. The normalized spacial score (nSPS) is 11.9. The Morgan fingerprint density at radius 1 is 1.18 bits per heavy atom. The lowest BCUT2D eigenvalue weighted by Gasteiger charge is -2.14. The van der Waals surface area contributed by atoms with Crippen LogP contribution in [-0.4, -0.2) is 12.5 Å². The summed E-state index contributed by atoms with van der Waals surface area (Å²) in [6.07, 6.45) is 0. The van der Waals surface area contributed by atoms with Crippen molar-refractivity contribution in [1.82, 2.24) is 5.32 Å². The van der Waals surface area contributed by atoms with Crippen LogP contribution in [0.3, 0.4) is 0 Å². The van der Waals surface area contributed by atoms with Crippen molar-refractivity contribution < 1.29 is 4.79 Å². The van der Waals surface area contributed by atoms with Gasteiger partial charge in [0.2, 0.25) is 0 Å². The minimum Gasteiger partial charge on any atom is -0.350 e. The molecular weight excluding hydrogens is 316 g/mol. The Hall–Kier alpha value is -1.36. The van der Waals surface area contributed by atoms with Gasteiger partial charge in [-0.05, 0) is 34.9 Å². The first kappa shape index (κ1) is 18.7. The number of carbonyl (C=O) groups excluding carboxylic acids is 1. The average Bonchev–Trinajstić information content (AvgIpc) is 2.90. The van der Waals surface area contributed by atoms with Crippen LogP contribution in [0, 0.1) is 6.92 Å². The second-order valence-corrected chi connectivity index (χ2v) is 6.35. The molecule has 3 N–H and O–H groups in total. The minimum atomic E-state index is -0.186. The molecule has 0 saturated carbocycles. The molecule has 22 heavy (non-hydrogen) atoms. The molecule has 0 saturated heterocycles. The smallest absolute Gasteiger partial charge is 0.252 e. The van der Waals surface area contributed by atoms with E-state index in [0.717, 1.165) is 16.7 Å². The van der Waals surface area contributed by atoms with Gasteiger partial charge >= 0.3 is 0 Å². The SMILES string of the molecule is Cc1cscc1C(=O)NCC(N)c1ccc(C(C)C)cc1.Cl. The van der Waals surface area contributed by atoms with Gasteiger partial charge in [0.25, 0.3) is 5.91 Å². The van der Waals surface area contributed by atoms with Crippen LogP contribution >= 0.6 is 23.7 Å². The molecule has 0 fully saturated rings. The van der Waals surface area contributed by atoms with Crippen LogP contribution in [0.15, 0.2) is 35.0 Å². The Bertz CT molecular complexity index is 607. The maximum atomic E-state index is 12.0. The van der Waals surface area contributed by atoms with Gasteiger partial charge < -0.3 is 11.1 Å². The highest BCUT2D eigenvalue weighted by molar-refractivity contribution is 7.08. The molecule has 0 spiro atoms. The molecule has 1 aromatic heterocycles.